The summed E-state index contributed by atoms with van der Waals surface area (Å²) in [6, 6.07) is -4.19. The second-order valence-corrected chi connectivity index (χ2v) is 16.2. The normalized spacial score (nSPS) is 23.2. The second-order valence-electron chi connectivity index (χ2n) is 16.2. The molecule has 4 fully saturated rings. The maximum absolute atomic E-state index is 14.4. The number of nitrogens with two attached hydrogens (primary N) is 1. The summed E-state index contributed by atoms with van der Waals surface area (Å²) in [6.07, 6.45) is 18.0. The number of carbonyl (C=O) groups is 5. The number of carboxylic acids is 1. The van der Waals surface area contributed by atoms with Gasteiger partial charge >= 0.3 is 5.97 Å². The summed E-state index contributed by atoms with van der Waals surface area (Å²) < 4.78 is 0. The van der Waals surface area contributed by atoms with Gasteiger partial charge in [0.1, 0.15) is 24.2 Å². The van der Waals surface area contributed by atoms with Crippen LogP contribution in [-0.2, 0) is 24.0 Å². The van der Waals surface area contributed by atoms with Crippen molar-refractivity contribution in [2.75, 3.05) is 7.05 Å². The van der Waals surface area contributed by atoms with E-state index < -0.39 is 48.0 Å². The van der Waals surface area contributed by atoms with Crippen LogP contribution in [0, 0.1) is 29.6 Å². The molecular weight excluding hydrogens is 622 g/mol. The number of likely N-dealkylation sites (N-methyl/N-ethyl adjacent to an activating group) is 1. The lowest BCUT2D eigenvalue weighted by atomic mass is 9.81. The molecule has 0 aromatic heterocycles. The molecule has 0 radical (unpaired) electrons. The van der Waals surface area contributed by atoms with Crippen LogP contribution in [0.2, 0.25) is 0 Å². The first-order valence-corrected chi connectivity index (χ1v) is 19.6. The van der Waals surface area contributed by atoms with Crippen molar-refractivity contribution in [1.82, 2.24) is 20.9 Å². The van der Waals surface area contributed by atoms with E-state index in [1.807, 2.05) is 13.8 Å². The fourth-order valence-corrected chi connectivity index (χ4v) is 9.09. The van der Waals surface area contributed by atoms with E-state index in [0.29, 0.717) is 6.42 Å². The van der Waals surface area contributed by atoms with Gasteiger partial charge in [0.25, 0.3) is 0 Å². The summed E-state index contributed by atoms with van der Waals surface area (Å²) in [7, 11) is 1.53. The van der Waals surface area contributed by atoms with Gasteiger partial charge in [0.2, 0.25) is 23.6 Å². The number of carboxylic acid groups (broad SMARTS) is 1. The summed E-state index contributed by atoms with van der Waals surface area (Å²) >= 11 is 0. The zero-order chi connectivity index (χ0) is 35.5. The van der Waals surface area contributed by atoms with Crippen molar-refractivity contribution in [3.05, 3.63) is 0 Å². The number of hydrogen-bond acceptors (Lipinski definition) is 6. The van der Waals surface area contributed by atoms with Crippen LogP contribution in [0.4, 0.5) is 0 Å². The molecule has 0 heterocycles. The van der Waals surface area contributed by atoms with E-state index in [2.05, 4.69) is 16.0 Å². The SMILES string of the molecule is CC(C)C[C@H](C(=O)O)N(C)C(=O)[C@H](NC(=O)[C@H](NC(=O)[C@H](NC(=O)[C@H](N)C1CCCCC1)C1CCCC1)C1CCCCC1)C1CCCCC1. The highest BCUT2D eigenvalue weighted by Crippen LogP contribution is 2.32. The molecule has 5 atom stereocenters. The Kier molecular flexibility index (Phi) is 15.2. The summed E-state index contributed by atoms with van der Waals surface area (Å²) in [5.41, 5.74) is 6.47. The van der Waals surface area contributed by atoms with Gasteiger partial charge in [-0.15, -0.1) is 0 Å². The molecule has 11 nitrogen and oxygen atoms in total. The molecule has 0 bridgehead atoms. The van der Waals surface area contributed by atoms with Crippen LogP contribution in [0.3, 0.4) is 0 Å². The Bertz CT molecular complexity index is 1110. The fourth-order valence-electron chi connectivity index (χ4n) is 9.09. The highest BCUT2D eigenvalue weighted by atomic mass is 16.4. The molecule has 4 amide bonds. The van der Waals surface area contributed by atoms with E-state index in [1.54, 1.807) is 0 Å². The summed E-state index contributed by atoms with van der Waals surface area (Å²) in [5.74, 6) is -2.58. The van der Waals surface area contributed by atoms with Crippen LogP contribution >= 0.6 is 0 Å². The molecule has 4 aliphatic carbocycles. The Balaban J connectivity index is 1.56. The minimum atomic E-state index is -1.06. The zero-order valence-electron chi connectivity index (χ0n) is 30.4. The Morgan fingerprint density at radius 3 is 1.35 bits per heavy atom. The van der Waals surface area contributed by atoms with Crippen molar-refractivity contribution >= 4 is 29.6 Å². The fraction of sp³-hybridized carbons (Fsp3) is 0.868. The van der Waals surface area contributed by atoms with E-state index >= 15 is 0 Å². The van der Waals surface area contributed by atoms with Crippen molar-refractivity contribution in [2.24, 2.45) is 35.3 Å². The molecule has 0 aromatic rings. The molecule has 0 aliphatic heterocycles. The minimum Gasteiger partial charge on any atom is -0.480 e. The van der Waals surface area contributed by atoms with E-state index in [0.717, 1.165) is 122 Å². The number of rotatable bonds is 15. The smallest absolute Gasteiger partial charge is 0.326 e. The monoisotopic (exact) mass is 687 g/mol. The molecular formula is C38H65N5O6. The number of aliphatic carboxylic acids is 1. The number of hydrogen-bond donors (Lipinski definition) is 5. The molecule has 4 rings (SSSR count). The minimum absolute atomic E-state index is 0.0308. The largest absolute Gasteiger partial charge is 0.480 e. The third-order valence-corrected chi connectivity index (χ3v) is 12.1. The molecule has 49 heavy (non-hydrogen) atoms. The standard InChI is InChI=1S/C38H65N5O6/c1-24(2)23-29(38(48)49)43(3)37(47)33(28-19-11-6-12-20-28)42-36(46)32(26-17-9-5-10-18-26)41-35(45)31(27-21-13-14-22-27)40-34(44)30(39)25-15-7-4-8-16-25/h24-33H,4-23,39H2,1-3H3,(H,40,44)(H,41,45)(H,42,46)(H,48,49)/t29-,30-,31-,32-,33-/m1/s1. The summed E-state index contributed by atoms with van der Waals surface area (Å²) in [5, 5.41) is 19.3. The van der Waals surface area contributed by atoms with Gasteiger partial charge < -0.3 is 31.7 Å². The van der Waals surface area contributed by atoms with Crippen LogP contribution in [0.25, 0.3) is 0 Å². The van der Waals surface area contributed by atoms with Crippen molar-refractivity contribution in [3.63, 3.8) is 0 Å². The molecule has 0 saturated heterocycles. The second kappa shape index (κ2) is 19.1. The summed E-state index contributed by atoms with van der Waals surface area (Å²) in [6.45, 7) is 3.86. The molecule has 278 valence electrons. The number of carbonyl (C=O) groups excluding carboxylic acids is 4. The van der Waals surface area contributed by atoms with Crippen LogP contribution in [0.5, 0.6) is 0 Å². The lowest BCUT2D eigenvalue weighted by Crippen LogP contribution is -2.62. The van der Waals surface area contributed by atoms with Crippen molar-refractivity contribution < 1.29 is 29.1 Å². The van der Waals surface area contributed by atoms with Crippen molar-refractivity contribution in [2.45, 2.75) is 172 Å². The highest BCUT2D eigenvalue weighted by Gasteiger charge is 2.42. The molecule has 4 saturated carbocycles. The van der Waals surface area contributed by atoms with E-state index in [4.69, 9.17) is 5.73 Å². The Morgan fingerprint density at radius 2 is 0.939 bits per heavy atom. The topological polar surface area (TPSA) is 171 Å². The molecule has 0 unspecified atom stereocenters. The van der Waals surface area contributed by atoms with Crippen molar-refractivity contribution in [1.29, 1.82) is 0 Å². The number of nitrogens with zero attached hydrogens (tertiary/aromatic N) is 1. The van der Waals surface area contributed by atoms with E-state index in [9.17, 15) is 29.1 Å². The van der Waals surface area contributed by atoms with Crippen LogP contribution in [0.1, 0.15) is 142 Å². The maximum atomic E-state index is 14.4. The Hall–Kier alpha value is -2.69. The van der Waals surface area contributed by atoms with Crippen molar-refractivity contribution in [3.8, 4) is 0 Å². The molecule has 4 aliphatic rings. The first-order valence-electron chi connectivity index (χ1n) is 19.6. The van der Waals surface area contributed by atoms with E-state index in [1.165, 1.54) is 11.9 Å². The molecule has 6 N–H and O–H groups in total. The number of nitrogens with one attached hydrogen (secondary N) is 3. The number of amides is 4. The van der Waals surface area contributed by atoms with Gasteiger partial charge in [0.15, 0.2) is 0 Å². The van der Waals surface area contributed by atoms with Gasteiger partial charge in [-0.2, -0.15) is 0 Å². The average molecular weight is 688 g/mol. The van der Waals surface area contributed by atoms with E-state index in [-0.39, 0.29) is 41.4 Å². The molecule has 0 spiro atoms. The predicted molar refractivity (Wildman–Crippen MR) is 189 cm³/mol. The van der Waals surface area contributed by atoms with Gasteiger partial charge in [-0.25, -0.2) is 4.79 Å². The molecule has 11 heteroatoms. The zero-order valence-corrected chi connectivity index (χ0v) is 30.4. The van der Waals surface area contributed by atoms with Gasteiger partial charge in [-0.05, 0) is 87.4 Å². The van der Waals surface area contributed by atoms with Crippen LogP contribution in [0.15, 0.2) is 0 Å². The van der Waals surface area contributed by atoms with Gasteiger partial charge in [0.05, 0.1) is 6.04 Å². The highest BCUT2D eigenvalue weighted by molar-refractivity contribution is 5.96. The van der Waals surface area contributed by atoms with Crippen LogP contribution < -0.4 is 21.7 Å². The summed E-state index contributed by atoms with van der Waals surface area (Å²) in [4.78, 5) is 69.8. The van der Waals surface area contributed by atoms with Gasteiger partial charge in [0, 0.05) is 7.05 Å². The average Bonchev–Trinajstić information content (AvgIpc) is 3.65. The third kappa shape index (κ3) is 10.9. The first-order chi connectivity index (χ1) is 23.5. The Labute approximate surface area is 294 Å². The van der Waals surface area contributed by atoms with Crippen LogP contribution in [-0.4, -0.2) is 76.9 Å². The predicted octanol–water partition coefficient (Wildman–Crippen LogP) is 4.66. The lowest BCUT2D eigenvalue weighted by Gasteiger charge is -2.37. The van der Waals surface area contributed by atoms with Gasteiger partial charge in [-0.3, -0.25) is 19.2 Å². The van der Waals surface area contributed by atoms with Gasteiger partial charge in [-0.1, -0.05) is 84.5 Å². The lowest BCUT2D eigenvalue weighted by molar-refractivity contribution is -0.152. The Morgan fingerprint density at radius 1 is 0.592 bits per heavy atom. The third-order valence-electron chi connectivity index (χ3n) is 12.1. The maximum Gasteiger partial charge on any atom is 0.326 e. The quantitative estimate of drug-likeness (QED) is 0.167. The molecule has 0 aromatic carbocycles. The first kappa shape index (κ1) is 39.1.